The quantitative estimate of drug-likeness (QED) is 0.703. The molecule has 1 atom stereocenters. The third-order valence-electron chi connectivity index (χ3n) is 4.86. The van der Waals surface area contributed by atoms with Crippen molar-refractivity contribution < 1.29 is 21.6 Å². The van der Waals surface area contributed by atoms with E-state index >= 15 is 0 Å². The van der Waals surface area contributed by atoms with Crippen LogP contribution in [0.4, 0.5) is 0 Å². The van der Waals surface area contributed by atoms with Gasteiger partial charge in [-0.1, -0.05) is 18.2 Å². The van der Waals surface area contributed by atoms with Crippen LogP contribution < -0.4 is 10.0 Å². The van der Waals surface area contributed by atoms with Gasteiger partial charge < -0.3 is 5.32 Å². The number of hydrogen-bond donors (Lipinski definition) is 2. The first-order valence-corrected chi connectivity index (χ1v) is 12.0. The fourth-order valence-electron chi connectivity index (χ4n) is 3.27. The minimum atomic E-state index is -3.80. The molecule has 156 valence electrons. The van der Waals surface area contributed by atoms with Gasteiger partial charge in [-0.2, -0.15) is 4.31 Å². The number of amides is 1. The van der Waals surface area contributed by atoms with E-state index in [-0.39, 0.29) is 34.8 Å². The second-order valence-corrected chi connectivity index (χ2v) is 10.6. The molecule has 0 spiro atoms. The molecule has 8 nitrogen and oxygen atoms in total. The summed E-state index contributed by atoms with van der Waals surface area (Å²) in [6.45, 7) is 1.99. The van der Waals surface area contributed by atoms with E-state index in [2.05, 4.69) is 10.0 Å². The predicted molar refractivity (Wildman–Crippen MR) is 108 cm³/mol. The Labute approximate surface area is 171 Å². The van der Waals surface area contributed by atoms with Crippen molar-refractivity contribution in [3.63, 3.8) is 0 Å². The Morgan fingerprint density at radius 1 is 1.07 bits per heavy atom. The molecule has 1 amide bonds. The molecule has 10 heteroatoms. The molecule has 0 saturated carbocycles. The molecule has 0 bridgehead atoms. The van der Waals surface area contributed by atoms with Crippen LogP contribution in [0.2, 0.25) is 0 Å². The maximum Gasteiger partial charge on any atom is 0.251 e. The summed E-state index contributed by atoms with van der Waals surface area (Å²) >= 11 is 0. The monoisotopic (exact) mass is 437 g/mol. The van der Waals surface area contributed by atoms with E-state index in [1.54, 1.807) is 31.2 Å². The smallest absolute Gasteiger partial charge is 0.251 e. The Morgan fingerprint density at radius 3 is 2.38 bits per heavy atom. The topological polar surface area (TPSA) is 113 Å². The highest BCUT2D eigenvalue weighted by Gasteiger charge is 2.33. The van der Waals surface area contributed by atoms with Gasteiger partial charge in [0.05, 0.1) is 9.79 Å². The molecule has 1 saturated heterocycles. The van der Waals surface area contributed by atoms with Crippen molar-refractivity contribution in [2.24, 2.45) is 0 Å². The van der Waals surface area contributed by atoms with Crippen molar-refractivity contribution in [1.29, 1.82) is 0 Å². The van der Waals surface area contributed by atoms with Gasteiger partial charge in [-0.05, 0) is 56.3 Å². The largest absolute Gasteiger partial charge is 0.348 e. The summed E-state index contributed by atoms with van der Waals surface area (Å²) in [6.07, 6.45) is 0.503. The van der Waals surface area contributed by atoms with Crippen molar-refractivity contribution in [2.75, 3.05) is 20.1 Å². The van der Waals surface area contributed by atoms with Crippen molar-refractivity contribution in [2.45, 2.75) is 29.2 Å². The second kappa shape index (κ2) is 8.23. The van der Waals surface area contributed by atoms with E-state index in [1.165, 1.54) is 29.6 Å². The number of carbonyl (C=O) groups excluding carboxylic acids is 1. The lowest BCUT2D eigenvalue weighted by Crippen LogP contribution is -2.38. The van der Waals surface area contributed by atoms with Crippen LogP contribution >= 0.6 is 0 Å². The van der Waals surface area contributed by atoms with Crippen LogP contribution in [0.5, 0.6) is 0 Å². The first-order valence-electron chi connectivity index (χ1n) is 9.05. The average Bonchev–Trinajstić information content (AvgIpc) is 3.17. The van der Waals surface area contributed by atoms with Gasteiger partial charge in [-0.15, -0.1) is 0 Å². The Morgan fingerprint density at radius 2 is 1.76 bits per heavy atom. The van der Waals surface area contributed by atoms with E-state index in [9.17, 15) is 21.6 Å². The number of hydrogen-bond acceptors (Lipinski definition) is 5. The van der Waals surface area contributed by atoms with Gasteiger partial charge in [0.15, 0.2) is 0 Å². The Bertz CT molecular complexity index is 1120. The molecular weight excluding hydrogens is 414 g/mol. The molecule has 1 fully saturated rings. The number of nitrogens with one attached hydrogen (secondary N) is 2. The fraction of sp³-hybridized carbons (Fsp3) is 0.316. The zero-order valence-corrected chi connectivity index (χ0v) is 17.8. The molecule has 2 aromatic rings. The molecular formula is C19H23N3O5S2. The molecule has 29 heavy (non-hydrogen) atoms. The van der Waals surface area contributed by atoms with E-state index in [0.29, 0.717) is 17.5 Å². The minimum Gasteiger partial charge on any atom is -0.348 e. The van der Waals surface area contributed by atoms with Crippen molar-refractivity contribution >= 4 is 26.0 Å². The fourth-order valence-corrected chi connectivity index (χ4v) is 5.80. The number of benzene rings is 2. The highest BCUT2D eigenvalue weighted by molar-refractivity contribution is 7.89. The van der Waals surface area contributed by atoms with E-state index in [1.807, 2.05) is 6.07 Å². The van der Waals surface area contributed by atoms with Crippen molar-refractivity contribution in [3.05, 3.63) is 59.7 Å². The normalized spacial score (nSPS) is 17.9. The van der Waals surface area contributed by atoms with Gasteiger partial charge in [0, 0.05) is 24.7 Å². The van der Waals surface area contributed by atoms with Crippen LogP contribution in [0.15, 0.2) is 58.3 Å². The third kappa shape index (κ3) is 4.50. The summed E-state index contributed by atoms with van der Waals surface area (Å²) in [5, 5.41) is 2.86. The molecule has 2 aromatic carbocycles. The molecule has 1 aliphatic heterocycles. The zero-order valence-electron chi connectivity index (χ0n) is 16.1. The lowest BCUT2D eigenvalue weighted by molar-refractivity contribution is 0.0939. The molecule has 0 aliphatic carbocycles. The van der Waals surface area contributed by atoms with E-state index < -0.39 is 20.0 Å². The van der Waals surface area contributed by atoms with Gasteiger partial charge in [-0.3, -0.25) is 4.79 Å². The number of carbonyl (C=O) groups is 1. The van der Waals surface area contributed by atoms with Gasteiger partial charge >= 0.3 is 0 Å². The standard InChI is InChI=1S/C19H23N3O5S2/c1-14-12-17(8-9-18(14)28(24,25)20-2)29(26,27)22-11-10-16(13-22)21-19(23)15-6-4-3-5-7-15/h3-9,12,16,20H,10-11,13H2,1-2H3,(H,21,23). The first-order chi connectivity index (χ1) is 13.6. The Kier molecular flexibility index (Phi) is 6.08. The van der Waals surface area contributed by atoms with Crippen LogP contribution in [-0.4, -0.2) is 53.2 Å². The van der Waals surface area contributed by atoms with E-state index in [0.717, 1.165) is 0 Å². The summed E-state index contributed by atoms with van der Waals surface area (Å²) in [4.78, 5) is 12.4. The van der Waals surface area contributed by atoms with Gasteiger partial charge in [0.2, 0.25) is 20.0 Å². The summed E-state index contributed by atoms with van der Waals surface area (Å²) in [7, 11) is -6.16. The molecule has 1 heterocycles. The van der Waals surface area contributed by atoms with Gasteiger partial charge in [0.1, 0.15) is 0 Å². The van der Waals surface area contributed by atoms with Crippen LogP contribution in [0.25, 0.3) is 0 Å². The minimum absolute atomic E-state index is 0.0279. The lowest BCUT2D eigenvalue weighted by Gasteiger charge is -2.18. The lowest BCUT2D eigenvalue weighted by atomic mass is 10.2. The zero-order chi connectivity index (χ0) is 21.2. The summed E-state index contributed by atoms with van der Waals surface area (Å²) in [6, 6.07) is 12.4. The number of nitrogens with zero attached hydrogens (tertiary/aromatic N) is 1. The van der Waals surface area contributed by atoms with Gasteiger partial charge in [-0.25, -0.2) is 21.6 Å². The molecule has 1 unspecified atom stereocenters. The summed E-state index contributed by atoms with van der Waals surface area (Å²) < 4.78 is 53.4. The highest BCUT2D eigenvalue weighted by Crippen LogP contribution is 2.25. The Hall–Kier alpha value is -2.27. The first kappa shape index (κ1) is 21.4. The van der Waals surface area contributed by atoms with Gasteiger partial charge in [0.25, 0.3) is 5.91 Å². The predicted octanol–water partition coefficient (Wildman–Crippen LogP) is 1.10. The van der Waals surface area contributed by atoms with Crippen LogP contribution in [0.1, 0.15) is 22.3 Å². The molecule has 3 rings (SSSR count). The SMILES string of the molecule is CNS(=O)(=O)c1ccc(S(=O)(=O)N2CCC(NC(=O)c3ccccc3)C2)cc1C. The van der Waals surface area contributed by atoms with E-state index in [4.69, 9.17) is 0 Å². The maximum absolute atomic E-state index is 13.0. The molecule has 1 aliphatic rings. The maximum atomic E-state index is 13.0. The number of sulfonamides is 2. The molecule has 0 radical (unpaired) electrons. The number of rotatable bonds is 6. The molecule has 2 N–H and O–H groups in total. The summed E-state index contributed by atoms with van der Waals surface area (Å²) in [5.41, 5.74) is 0.860. The van der Waals surface area contributed by atoms with Crippen LogP contribution in [0.3, 0.4) is 0 Å². The van der Waals surface area contributed by atoms with Crippen LogP contribution in [-0.2, 0) is 20.0 Å². The average molecular weight is 438 g/mol. The van der Waals surface area contributed by atoms with Crippen molar-refractivity contribution in [3.8, 4) is 0 Å². The molecule has 0 aromatic heterocycles. The summed E-state index contributed by atoms with van der Waals surface area (Å²) in [5.74, 6) is -0.243. The Balaban J connectivity index is 1.74. The van der Waals surface area contributed by atoms with Crippen molar-refractivity contribution in [1.82, 2.24) is 14.3 Å². The highest BCUT2D eigenvalue weighted by atomic mass is 32.2. The van der Waals surface area contributed by atoms with Crippen LogP contribution in [0, 0.1) is 6.92 Å². The number of aryl methyl sites for hydroxylation is 1. The third-order valence-corrected chi connectivity index (χ3v) is 8.30. The second-order valence-electron chi connectivity index (χ2n) is 6.82.